The van der Waals surface area contributed by atoms with Crippen molar-refractivity contribution in [3.05, 3.63) is 11.3 Å². The Morgan fingerprint density at radius 1 is 0.895 bits per heavy atom. The predicted molar refractivity (Wildman–Crippen MR) is 70.8 cm³/mol. The molecule has 19 heavy (non-hydrogen) atoms. The van der Waals surface area contributed by atoms with E-state index in [4.69, 9.17) is 30.5 Å². The minimum atomic E-state index is 0.0647. The van der Waals surface area contributed by atoms with Gasteiger partial charge in [0, 0.05) is 0 Å². The van der Waals surface area contributed by atoms with Crippen LogP contribution in [0, 0.1) is 0 Å². The molecule has 1 aromatic heterocycles. The number of rotatable bonds is 4. The van der Waals surface area contributed by atoms with Crippen LogP contribution in [0.3, 0.4) is 0 Å². The minimum absolute atomic E-state index is 0.0647. The van der Waals surface area contributed by atoms with Gasteiger partial charge in [0.1, 0.15) is 5.52 Å². The molecule has 2 aromatic rings. The zero-order valence-corrected chi connectivity index (χ0v) is 11.7. The fraction of sp³-hybridized carbons (Fsp3) is 0.333. The van der Waals surface area contributed by atoms with Crippen molar-refractivity contribution in [2.45, 2.75) is 0 Å². The number of methoxy groups -OCH3 is 4. The summed E-state index contributed by atoms with van der Waals surface area (Å²) in [5.74, 6) is 1.69. The Morgan fingerprint density at radius 2 is 1.58 bits per heavy atom. The molecule has 7 heteroatoms. The Labute approximate surface area is 115 Å². The Hall–Kier alpha value is -1.95. The van der Waals surface area contributed by atoms with E-state index in [2.05, 4.69) is 9.97 Å². The van der Waals surface area contributed by atoms with Crippen LogP contribution in [0.5, 0.6) is 23.1 Å². The normalized spacial score (nSPS) is 10.4. The quantitative estimate of drug-likeness (QED) is 0.803. The maximum atomic E-state index is 5.87. The van der Waals surface area contributed by atoms with Crippen molar-refractivity contribution in [1.82, 2.24) is 9.97 Å². The highest BCUT2D eigenvalue weighted by Gasteiger charge is 2.20. The van der Waals surface area contributed by atoms with Crippen LogP contribution in [0.15, 0.2) is 6.07 Å². The minimum Gasteiger partial charge on any atom is -0.493 e. The van der Waals surface area contributed by atoms with Crippen LogP contribution in [0.2, 0.25) is 5.28 Å². The van der Waals surface area contributed by atoms with Crippen LogP contribution in [0.4, 0.5) is 0 Å². The molecule has 0 saturated carbocycles. The molecule has 0 unspecified atom stereocenters. The topological polar surface area (TPSA) is 62.7 Å². The van der Waals surface area contributed by atoms with Crippen LogP contribution in [0.25, 0.3) is 10.9 Å². The molecule has 0 bridgehead atoms. The van der Waals surface area contributed by atoms with Crippen LogP contribution >= 0.6 is 11.6 Å². The average molecular weight is 285 g/mol. The van der Waals surface area contributed by atoms with Gasteiger partial charge in [0.05, 0.1) is 33.8 Å². The van der Waals surface area contributed by atoms with Gasteiger partial charge in [0.25, 0.3) is 0 Å². The highest BCUT2D eigenvalue weighted by Crippen LogP contribution is 2.44. The summed E-state index contributed by atoms with van der Waals surface area (Å²) in [7, 11) is 6.07. The second-order valence-corrected chi connectivity index (χ2v) is 3.88. The lowest BCUT2D eigenvalue weighted by molar-refractivity contribution is 0.326. The lowest BCUT2D eigenvalue weighted by Crippen LogP contribution is -2.00. The molecule has 0 N–H and O–H groups in total. The van der Waals surface area contributed by atoms with Gasteiger partial charge in [-0.15, -0.1) is 0 Å². The van der Waals surface area contributed by atoms with Gasteiger partial charge in [0.15, 0.2) is 11.5 Å². The third-order valence-electron chi connectivity index (χ3n) is 2.63. The number of fused-ring (bicyclic) bond motifs is 1. The number of aromatic nitrogens is 2. The Bertz CT molecular complexity index is 618. The lowest BCUT2D eigenvalue weighted by atomic mass is 10.2. The van der Waals surface area contributed by atoms with E-state index < -0.39 is 0 Å². The molecule has 2 rings (SSSR count). The summed E-state index contributed by atoms with van der Waals surface area (Å²) in [6.07, 6.45) is 0. The van der Waals surface area contributed by atoms with E-state index in [1.165, 1.54) is 28.4 Å². The molecule has 0 aliphatic heterocycles. The summed E-state index contributed by atoms with van der Waals surface area (Å²) in [6, 6.07) is 1.71. The van der Waals surface area contributed by atoms with Crippen molar-refractivity contribution >= 4 is 22.5 Å². The zero-order chi connectivity index (χ0) is 14.0. The van der Waals surface area contributed by atoms with E-state index >= 15 is 0 Å². The first-order valence-electron chi connectivity index (χ1n) is 5.36. The summed E-state index contributed by atoms with van der Waals surface area (Å²) in [5, 5.41) is 0.691. The van der Waals surface area contributed by atoms with Crippen molar-refractivity contribution in [3.8, 4) is 23.1 Å². The summed E-state index contributed by atoms with van der Waals surface area (Å²) < 4.78 is 21.1. The highest BCUT2D eigenvalue weighted by atomic mass is 35.5. The molecule has 1 heterocycles. The largest absolute Gasteiger partial charge is 0.493 e. The molecular weight excluding hydrogens is 272 g/mol. The summed E-state index contributed by atoms with van der Waals surface area (Å²) >= 11 is 5.87. The molecule has 0 amide bonds. The van der Waals surface area contributed by atoms with Gasteiger partial charge in [-0.1, -0.05) is 0 Å². The number of ether oxygens (including phenoxy) is 4. The smallest absolute Gasteiger partial charge is 0.226 e. The van der Waals surface area contributed by atoms with Crippen molar-refractivity contribution in [3.63, 3.8) is 0 Å². The molecule has 102 valence electrons. The first kappa shape index (κ1) is 13.5. The summed E-state index contributed by atoms with van der Waals surface area (Å²) in [5.41, 5.74) is 0.497. The molecule has 0 fully saturated rings. The lowest BCUT2D eigenvalue weighted by Gasteiger charge is -2.15. The third-order valence-corrected chi connectivity index (χ3v) is 2.79. The second kappa shape index (κ2) is 5.36. The number of benzene rings is 1. The Balaban J connectivity index is 2.92. The molecular formula is C12H13ClN2O4. The monoisotopic (exact) mass is 284 g/mol. The number of nitrogens with zero attached hydrogens (tertiary/aromatic N) is 2. The van der Waals surface area contributed by atoms with Gasteiger partial charge >= 0.3 is 0 Å². The van der Waals surface area contributed by atoms with Crippen LogP contribution in [0.1, 0.15) is 0 Å². The van der Waals surface area contributed by atoms with Crippen LogP contribution in [-0.2, 0) is 0 Å². The van der Waals surface area contributed by atoms with Crippen molar-refractivity contribution < 1.29 is 18.9 Å². The maximum absolute atomic E-state index is 5.87. The van der Waals surface area contributed by atoms with Crippen LogP contribution < -0.4 is 18.9 Å². The molecule has 0 spiro atoms. The molecule has 0 atom stereocenters. The van der Waals surface area contributed by atoms with Gasteiger partial charge in [-0.3, -0.25) is 0 Å². The van der Waals surface area contributed by atoms with Crippen molar-refractivity contribution in [2.75, 3.05) is 28.4 Å². The standard InChI is InChI=1S/C12H13ClN2O4/c1-16-7-5-6-8(10(18-3)9(7)17-2)14-12(13)15-11(6)19-4/h5H,1-4H3. The number of hydrogen-bond donors (Lipinski definition) is 0. The Kier molecular flexibility index (Phi) is 3.80. The first-order valence-corrected chi connectivity index (χ1v) is 5.74. The van der Waals surface area contributed by atoms with Crippen LogP contribution in [-0.4, -0.2) is 38.4 Å². The third kappa shape index (κ3) is 2.19. The van der Waals surface area contributed by atoms with Gasteiger partial charge in [-0.25, -0.2) is 4.98 Å². The number of hydrogen-bond acceptors (Lipinski definition) is 6. The van der Waals surface area contributed by atoms with E-state index in [0.29, 0.717) is 34.0 Å². The summed E-state index contributed by atoms with van der Waals surface area (Å²) in [6.45, 7) is 0. The number of halogens is 1. The highest BCUT2D eigenvalue weighted by molar-refractivity contribution is 6.28. The van der Waals surface area contributed by atoms with E-state index in [0.717, 1.165) is 0 Å². The maximum Gasteiger partial charge on any atom is 0.226 e. The molecule has 0 aliphatic rings. The predicted octanol–water partition coefficient (Wildman–Crippen LogP) is 2.32. The Morgan fingerprint density at radius 3 is 2.11 bits per heavy atom. The van der Waals surface area contributed by atoms with Crippen molar-refractivity contribution in [1.29, 1.82) is 0 Å². The molecule has 1 aromatic carbocycles. The van der Waals surface area contributed by atoms with E-state index in [1.807, 2.05) is 0 Å². The van der Waals surface area contributed by atoms with Gasteiger partial charge in [-0.05, 0) is 17.7 Å². The van der Waals surface area contributed by atoms with Gasteiger partial charge in [-0.2, -0.15) is 4.98 Å². The van der Waals surface area contributed by atoms with E-state index in [-0.39, 0.29) is 5.28 Å². The van der Waals surface area contributed by atoms with Gasteiger partial charge < -0.3 is 18.9 Å². The van der Waals surface area contributed by atoms with E-state index in [1.54, 1.807) is 6.07 Å². The SMILES string of the molecule is COc1cc2c(OC)nc(Cl)nc2c(OC)c1OC. The molecule has 6 nitrogen and oxygen atoms in total. The summed E-state index contributed by atoms with van der Waals surface area (Å²) in [4.78, 5) is 8.16. The van der Waals surface area contributed by atoms with Crippen molar-refractivity contribution in [2.24, 2.45) is 0 Å². The fourth-order valence-corrected chi connectivity index (χ4v) is 1.99. The first-order chi connectivity index (χ1) is 9.15. The zero-order valence-electron chi connectivity index (χ0n) is 11.0. The molecule has 0 saturated heterocycles. The van der Waals surface area contributed by atoms with Gasteiger partial charge in [0.2, 0.25) is 16.9 Å². The second-order valence-electron chi connectivity index (χ2n) is 3.54. The fourth-order valence-electron chi connectivity index (χ4n) is 1.83. The average Bonchev–Trinajstić information content (AvgIpc) is 2.44. The molecule has 0 aliphatic carbocycles. The molecule has 0 radical (unpaired) electrons. The van der Waals surface area contributed by atoms with E-state index in [9.17, 15) is 0 Å².